The summed E-state index contributed by atoms with van der Waals surface area (Å²) < 4.78 is 0. The number of carbonyl (C=O) groups is 1. The number of H-pyrrole nitrogens is 1. The second kappa shape index (κ2) is 4.72. The van der Waals surface area contributed by atoms with Crippen LogP contribution in [-0.4, -0.2) is 47.2 Å². The molecule has 5 heteroatoms. The van der Waals surface area contributed by atoms with E-state index in [0.29, 0.717) is 11.7 Å². The Morgan fingerprint density at radius 1 is 1.50 bits per heavy atom. The molecule has 1 atom stereocenters. The third-order valence-electron chi connectivity index (χ3n) is 4.19. The molecule has 18 heavy (non-hydrogen) atoms. The van der Waals surface area contributed by atoms with Crippen molar-refractivity contribution in [1.82, 2.24) is 20.4 Å². The standard InChI is InChI=1S/C13H20N4O/c1-17-7-3-4-9(17)8-14-13(18)12-10-5-2-6-11(10)15-16-12/h9H,2-8H2,1H3,(H,14,18)(H,15,16). The van der Waals surface area contributed by atoms with E-state index in [9.17, 15) is 4.79 Å². The number of amides is 1. The zero-order chi connectivity index (χ0) is 12.5. The number of hydrogen-bond acceptors (Lipinski definition) is 3. The molecule has 1 aromatic heterocycles. The van der Waals surface area contributed by atoms with Crippen molar-refractivity contribution in [2.45, 2.75) is 38.1 Å². The molecule has 98 valence electrons. The van der Waals surface area contributed by atoms with Crippen molar-refractivity contribution in [3.8, 4) is 0 Å². The number of hydrogen-bond donors (Lipinski definition) is 2. The van der Waals surface area contributed by atoms with Gasteiger partial charge in [0.15, 0.2) is 5.69 Å². The maximum Gasteiger partial charge on any atom is 0.272 e. The highest BCUT2D eigenvalue weighted by Crippen LogP contribution is 2.22. The molecule has 1 aliphatic carbocycles. The van der Waals surface area contributed by atoms with E-state index in [-0.39, 0.29) is 5.91 Å². The summed E-state index contributed by atoms with van der Waals surface area (Å²) in [6.45, 7) is 1.87. The summed E-state index contributed by atoms with van der Waals surface area (Å²) >= 11 is 0. The van der Waals surface area contributed by atoms with Crippen LogP contribution >= 0.6 is 0 Å². The Labute approximate surface area is 107 Å². The SMILES string of the molecule is CN1CCCC1CNC(=O)c1n[nH]c2c1CCC2. The fourth-order valence-corrected chi connectivity index (χ4v) is 3.04. The zero-order valence-electron chi connectivity index (χ0n) is 10.8. The zero-order valence-corrected chi connectivity index (χ0v) is 10.8. The second-order valence-corrected chi connectivity index (χ2v) is 5.37. The number of aryl methyl sites for hydroxylation is 1. The van der Waals surface area contributed by atoms with Crippen LogP contribution in [0.1, 0.15) is 41.0 Å². The summed E-state index contributed by atoms with van der Waals surface area (Å²) in [5.41, 5.74) is 2.90. The maximum absolute atomic E-state index is 12.1. The fourth-order valence-electron chi connectivity index (χ4n) is 3.04. The molecule has 0 aromatic carbocycles. The molecule has 1 aliphatic heterocycles. The summed E-state index contributed by atoms with van der Waals surface area (Å²) in [5.74, 6) is -0.0188. The smallest absolute Gasteiger partial charge is 0.272 e. The molecule has 1 aromatic rings. The lowest BCUT2D eigenvalue weighted by Crippen LogP contribution is -2.38. The summed E-state index contributed by atoms with van der Waals surface area (Å²) in [4.78, 5) is 14.4. The van der Waals surface area contributed by atoms with Crippen LogP contribution in [0.15, 0.2) is 0 Å². The van der Waals surface area contributed by atoms with Crippen LogP contribution in [0.5, 0.6) is 0 Å². The van der Waals surface area contributed by atoms with Crippen LogP contribution in [0.3, 0.4) is 0 Å². The van der Waals surface area contributed by atoms with Gasteiger partial charge in [0.05, 0.1) is 0 Å². The Kier molecular flexibility index (Phi) is 3.07. The molecule has 2 N–H and O–H groups in total. The van der Waals surface area contributed by atoms with Gasteiger partial charge in [0.1, 0.15) is 0 Å². The van der Waals surface area contributed by atoms with Gasteiger partial charge < -0.3 is 10.2 Å². The first-order valence-electron chi connectivity index (χ1n) is 6.80. The van der Waals surface area contributed by atoms with Crippen LogP contribution in [0, 0.1) is 0 Å². The van der Waals surface area contributed by atoms with E-state index in [2.05, 4.69) is 27.5 Å². The molecule has 0 spiro atoms. The van der Waals surface area contributed by atoms with E-state index in [1.165, 1.54) is 12.8 Å². The largest absolute Gasteiger partial charge is 0.349 e. The van der Waals surface area contributed by atoms with Gasteiger partial charge in [0, 0.05) is 23.8 Å². The third kappa shape index (κ3) is 2.03. The van der Waals surface area contributed by atoms with Crippen LogP contribution in [0.4, 0.5) is 0 Å². The first kappa shape index (κ1) is 11.7. The van der Waals surface area contributed by atoms with Gasteiger partial charge in [-0.3, -0.25) is 9.89 Å². The molecule has 1 amide bonds. The molecular weight excluding hydrogens is 228 g/mol. The molecule has 2 heterocycles. The minimum atomic E-state index is -0.0188. The predicted octanol–water partition coefficient (Wildman–Crippen LogP) is 0.722. The Morgan fingerprint density at radius 3 is 3.17 bits per heavy atom. The molecule has 2 aliphatic rings. The first-order chi connectivity index (χ1) is 8.75. The van der Waals surface area contributed by atoms with Crippen molar-refractivity contribution < 1.29 is 4.79 Å². The quantitative estimate of drug-likeness (QED) is 0.828. The van der Waals surface area contributed by atoms with Crippen LogP contribution in [0.2, 0.25) is 0 Å². The van der Waals surface area contributed by atoms with Gasteiger partial charge in [-0.2, -0.15) is 5.10 Å². The van der Waals surface area contributed by atoms with Crippen LogP contribution in [0.25, 0.3) is 0 Å². The van der Waals surface area contributed by atoms with Gasteiger partial charge >= 0.3 is 0 Å². The molecule has 1 saturated heterocycles. The number of aromatic nitrogens is 2. The molecule has 1 fully saturated rings. The lowest BCUT2D eigenvalue weighted by atomic mass is 10.2. The van der Waals surface area contributed by atoms with Gasteiger partial charge in [0.2, 0.25) is 0 Å². The minimum Gasteiger partial charge on any atom is -0.349 e. The Balaban J connectivity index is 1.61. The van der Waals surface area contributed by atoms with Crippen molar-refractivity contribution in [2.24, 2.45) is 0 Å². The van der Waals surface area contributed by atoms with Crippen molar-refractivity contribution in [3.05, 3.63) is 17.0 Å². The first-order valence-corrected chi connectivity index (χ1v) is 6.80. The van der Waals surface area contributed by atoms with E-state index >= 15 is 0 Å². The highest BCUT2D eigenvalue weighted by Gasteiger charge is 2.25. The highest BCUT2D eigenvalue weighted by atomic mass is 16.1. The third-order valence-corrected chi connectivity index (χ3v) is 4.19. The minimum absolute atomic E-state index is 0.0188. The van der Waals surface area contributed by atoms with Gasteiger partial charge in [-0.15, -0.1) is 0 Å². The van der Waals surface area contributed by atoms with E-state index in [0.717, 1.165) is 43.6 Å². The lowest BCUT2D eigenvalue weighted by Gasteiger charge is -2.19. The fraction of sp³-hybridized carbons (Fsp3) is 0.692. The predicted molar refractivity (Wildman–Crippen MR) is 68.6 cm³/mol. The summed E-state index contributed by atoms with van der Waals surface area (Å²) in [7, 11) is 2.12. The average molecular weight is 248 g/mol. The number of likely N-dealkylation sites (N-methyl/N-ethyl adjacent to an activating group) is 1. The molecular formula is C13H20N4O. The highest BCUT2D eigenvalue weighted by molar-refractivity contribution is 5.94. The van der Waals surface area contributed by atoms with Crippen molar-refractivity contribution in [2.75, 3.05) is 20.1 Å². The monoisotopic (exact) mass is 248 g/mol. The van der Waals surface area contributed by atoms with Crippen molar-refractivity contribution in [3.63, 3.8) is 0 Å². The lowest BCUT2D eigenvalue weighted by molar-refractivity contribution is 0.0937. The van der Waals surface area contributed by atoms with E-state index < -0.39 is 0 Å². The number of aromatic amines is 1. The maximum atomic E-state index is 12.1. The van der Waals surface area contributed by atoms with E-state index in [1.54, 1.807) is 0 Å². The van der Waals surface area contributed by atoms with Gasteiger partial charge in [-0.05, 0) is 45.7 Å². The molecule has 5 nitrogen and oxygen atoms in total. The van der Waals surface area contributed by atoms with Gasteiger partial charge in [-0.25, -0.2) is 0 Å². The van der Waals surface area contributed by atoms with Crippen molar-refractivity contribution in [1.29, 1.82) is 0 Å². The molecule has 0 bridgehead atoms. The number of nitrogens with zero attached hydrogens (tertiary/aromatic N) is 2. The number of rotatable bonds is 3. The molecule has 0 saturated carbocycles. The summed E-state index contributed by atoms with van der Waals surface area (Å²) in [6, 6.07) is 0.487. The number of likely N-dealkylation sites (tertiary alicyclic amines) is 1. The van der Waals surface area contributed by atoms with E-state index in [1.807, 2.05) is 0 Å². The van der Waals surface area contributed by atoms with Gasteiger partial charge in [-0.1, -0.05) is 0 Å². The normalized spacial score (nSPS) is 23.3. The second-order valence-electron chi connectivity index (χ2n) is 5.37. The number of nitrogens with one attached hydrogen (secondary N) is 2. The topological polar surface area (TPSA) is 61.0 Å². The number of fused-ring (bicyclic) bond motifs is 1. The molecule has 1 unspecified atom stereocenters. The Hall–Kier alpha value is -1.36. The number of carbonyl (C=O) groups excluding carboxylic acids is 1. The average Bonchev–Trinajstić information content (AvgIpc) is 3.01. The Morgan fingerprint density at radius 2 is 2.39 bits per heavy atom. The molecule has 3 rings (SSSR count). The van der Waals surface area contributed by atoms with Crippen LogP contribution in [-0.2, 0) is 12.8 Å². The summed E-state index contributed by atoms with van der Waals surface area (Å²) in [5, 5.41) is 10.2. The van der Waals surface area contributed by atoms with Crippen molar-refractivity contribution >= 4 is 5.91 Å². The molecule has 0 radical (unpaired) electrons. The Bertz CT molecular complexity index is 454. The van der Waals surface area contributed by atoms with Gasteiger partial charge in [0.25, 0.3) is 5.91 Å². The summed E-state index contributed by atoms with van der Waals surface area (Å²) in [6.07, 6.45) is 5.55. The van der Waals surface area contributed by atoms with Crippen LogP contribution < -0.4 is 5.32 Å². The van der Waals surface area contributed by atoms with E-state index in [4.69, 9.17) is 0 Å².